The molecule has 0 bridgehead atoms. The van der Waals surface area contributed by atoms with Crippen molar-refractivity contribution in [2.45, 2.75) is 45.2 Å². The standard InChI is InChI=1S/C24H30N4O3S/c1-5-27(6-2)32(30,31)24-18(3)26-28(19(24)4)17-22(29)25-23(20-13-9-7-10-14-20)21-15-11-8-12-16-21/h7-16,23H,5-6,17H2,1-4H3,(H,25,29). The normalized spacial score (nSPS) is 11.8. The van der Waals surface area contributed by atoms with E-state index in [1.807, 2.05) is 60.7 Å². The summed E-state index contributed by atoms with van der Waals surface area (Å²) in [4.78, 5) is 13.2. The van der Waals surface area contributed by atoms with E-state index in [2.05, 4.69) is 10.4 Å². The Kier molecular flexibility index (Phi) is 7.48. The largest absolute Gasteiger partial charge is 0.344 e. The Balaban J connectivity index is 1.87. The Morgan fingerprint density at radius 1 is 0.969 bits per heavy atom. The van der Waals surface area contributed by atoms with Crippen LogP contribution < -0.4 is 5.32 Å². The third-order valence-electron chi connectivity index (χ3n) is 5.48. The molecule has 0 aliphatic heterocycles. The number of aryl methyl sites for hydroxylation is 1. The first kappa shape index (κ1) is 23.7. The minimum absolute atomic E-state index is 0.0728. The second-order valence-electron chi connectivity index (χ2n) is 7.57. The summed E-state index contributed by atoms with van der Waals surface area (Å²) in [5, 5.41) is 7.45. The molecule has 7 nitrogen and oxygen atoms in total. The monoisotopic (exact) mass is 454 g/mol. The molecule has 0 saturated carbocycles. The van der Waals surface area contributed by atoms with E-state index in [-0.39, 0.29) is 23.4 Å². The molecular weight excluding hydrogens is 424 g/mol. The summed E-state index contributed by atoms with van der Waals surface area (Å²) in [6.07, 6.45) is 0. The number of rotatable bonds is 9. The zero-order valence-electron chi connectivity index (χ0n) is 18.9. The van der Waals surface area contributed by atoms with Crippen LogP contribution in [0.15, 0.2) is 65.6 Å². The summed E-state index contributed by atoms with van der Waals surface area (Å²) >= 11 is 0. The van der Waals surface area contributed by atoms with Crippen LogP contribution in [0.3, 0.4) is 0 Å². The minimum atomic E-state index is -3.67. The van der Waals surface area contributed by atoms with Crippen molar-refractivity contribution in [3.8, 4) is 0 Å². The Morgan fingerprint density at radius 2 is 1.47 bits per heavy atom. The van der Waals surface area contributed by atoms with Crippen molar-refractivity contribution < 1.29 is 13.2 Å². The lowest BCUT2D eigenvalue weighted by molar-refractivity contribution is -0.122. The number of benzene rings is 2. The summed E-state index contributed by atoms with van der Waals surface area (Å²) in [5.74, 6) is -0.250. The average Bonchev–Trinajstić information content (AvgIpc) is 3.07. The van der Waals surface area contributed by atoms with E-state index in [0.29, 0.717) is 24.5 Å². The van der Waals surface area contributed by atoms with Crippen LogP contribution in [0, 0.1) is 13.8 Å². The van der Waals surface area contributed by atoms with Crippen molar-refractivity contribution in [3.63, 3.8) is 0 Å². The van der Waals surface area contributed by atoms with Crippen molar-refractivity contribution in [2.24, 2.45) is 0 Å². The SMILES string of the molecule is CCN(CC)S(=O)(=O)c1c(C)nn(CC(=O)NC(c2ccccc2)c2ccccc2)c1C. The van der Waals surface area contributed by atoms with E-state index in [1.165, 1.54) is 8.99 Å². The maximum Gasteiger partial charge on any atom is 0.246 e. The van der Waals surface area contributed by atoms with Gasteiger partial charge in [-0.3, -0.25) is 9.48 Å². The lowest BCUT2D eigenvalue weighted by atomic mass is 9.99. The lowest BCUT2D eigenvalue weighted by Crippen LogP contribution is -2.33. The molecule has 0 aliphatic carbocycles. The average molecular weight is 455 g/mol. The fourth-order valence-electron chi connectivity index (χ4n) is 3.89. The van der Waals surface area contributed by atoms with E-state index in [4.69, 9.17) is 0 Å². The summed E-state index contributed by atoms with van der Waals surface area (Å²) in [5.41, 5.74) is 2.78. The molecule has 0 radical (unpaired) electrons. The second kappa shape index (κ2) is 10.1. The first-order chi connectivity index (χ1) is 15.3. The van der Waals surface area contributed by atoms with Gasteiger partial charge in [0, 0.05) is 13.1 Å². The molecule has 3 aromatic rings. The molecule has 1 N–H and O–H groups in total. The van der Waals surface area contributed by atoms with Gasteiger partial charge in [-0.2, -0.15) is 9.40 Å². The van der Waals surface area contributed by atoms with Crippen LogP contribution in [0.25, 0.3) is 0 Å². The highest BCUT2D eigenvalue weighted by Gasteiger charge is 2.29. The van der Waals surface area contributed by atoms with Crippen molar-refractivity contribution >= 4 is 15.9 Å². The van der Waals surface area contributed by atoms with Crippen LogP contribution in [-0.2, 0) is 21.4 Å². The molecule has 0 spiro atoms. The number of hydrogen-bond donors (Lipinski definition) is 1. The molecule has 0 fully saturated rings. The summed E-state index contributed by atoms with van der Waals surface area (Å²) in [6.45, 7) is 7.63. The molecule has 0 aliphatic rings. The van der Waals surface area contributed by atoms with Crippen LogP contribution in [0.4, 0.5) is 0 Å². The number of sulfonamides is 1. The van der Waals surface area contributed by atoms with Gasteiger partial charge < -0.3 is 5.32 Å². The number of hydrogen-bond acceptors (Lipinski definition) is 4. The maximum absolute atomic E-state index is 13.1. The third-order valence-corrected chi connectivity index (χ3v) is 7.79. The quantitative estimate of drug-likeness (QED) is 0.537. The Labute approximate surface area is 190 Å². The summed E-state index contributed by atoms with van der Waals surface area (Å²) < 4.78 is 29.0. The van der Waals surface area contributed by atoms with Crippen molar-refractivity contribution in [3.05, 3.63) is 83.2 Å². The van der Waals surface area contributed by atoms with Crippen molar-refractivity contribution in [1.29, 1.82) is 0 Å². The molecule has 3 rings (SSSR count). The first-order valence-corrected chi connectivity index (χ1v) is 12.2. The number of nitrogens with zero attached hydrogens (tertiary/aromatic N) is 3. The summed E-state index contributed by atoms with van der Waals surface area (Å²) in [7, 11) is -3.67. The molecule has 1 heterocycles. The van der Waals surface area contributed by atoms with E-state index < -0.39 is 10.0 Å². The number of amides is 1. The van der Waals surface area contributed by atoms with Gasteiger partial charge in [0.15, 0.2) is 0 Å². The van der Waals surface area contributed by atoms with Gasteiger partial charge in [-0.1, -0.05) is 74.5 Å². The maximum atomic E-state index is 13.1. The Hall–Kier alpha value is -2.97. The number of aromatic nitrogens is 2. The second-order valence-corrected chi connectivity index (χ2v) is 9.44. The van der Waals surface area contributed by atoms with Crippen molar-refractivity contribution in [2.75, 3.05) is 13.1 Å². The van der Waals surface area contributed by atoms with Crippen LogP contribution in [0.5, 0.6) is 0 Å². The number of carbonyl (C=O) groups is 1. The van der Waals surface area contributed by atoms with Crippen LogP contribution >= 0.6 is 0 Å². The Morgan fingerprint density at radius 3 is 1.94 bits per heavy atom. The zero-order valence-corrected chi connectivity index (χ0v) is 19.8. The van der Waals surface area contributed by atoms with E-state index >= 15 is 0 Å². The highest BCUT2D eigenvalue weighted by Crippen LogP contribution is 2.24. The molecule has 0 atom stereocenters. The van der Waals surface area contributed by atoms with E-state index in [9.17, 15) is 13.2 Å². The lowest BCUT2D eigenvalue weighted by Gasteiger charge is -2.20. The topological polar surface area (TPSA) is 84.3 Å². The van der Waals surface area contributed by atoms with E-state index in [0.717, 1.165) is 11.1 Å². The Bertz CT molecular complexity index is 1120. The molecule has 0 saturated heterocycles. The fraction of sp³-hybridized carbons (Fsp3) is 0.333. The number of nitrogens with one attached hydrogen (secondary N) is 1. The molecule has 0 unspecified atom stereocenters. The zero-order chi connectivity index (χ0) is 23.3. The van der Waals surface area contributed by atoms with Gasteiger partial charge in [-0.05, 0) is 25.0 Å². The van der Waals surface area contributed by atoms with Gasteiger partial charge in [0.05, 0.1) is 17.4 Å². The van der Waals surface area contributed by atoms with Gasteiger partial charge in [0.25, 0.3) is 0 Å². The van der Waals surface area contributed by atoms with E-state index in [1.54, 1.807) is 27.7 Å². The van der Waals surface area contributed by atoms with Crippen molar-refractivity contribution in [1.82, 2.24) is 19.4 Å². The molecule has 1 aromatic heterocycles. The van der Waals surface area contributed by atoms with Crippen LogP contribution in [0.1, 0.15) is 42.4 Å². The van der Waals surface area contributed by atoms with Gasteiger partial charge in [0.1, 0.15) is 11.4 Å². The van der Waals surface area contributed by atoms with Gasteiger partial charge in [0.2, 0.25) is 15.9 Å². The fourth-order valence-corrected chi connectivity index (χ4v) is 5.72. The number of carbonyl (C=O) groups excluding carboxylic acids is 1. The highest BCUT2D eigenvalue weighted by atomic mass is 32.2. The molecule has 1 amide bonds. The molecular formula is C24H30N4O3S. The molecule has 170 valence electrons. The smallest absolute Gasteiger partial charge is 0.246 e. The summed E-state index contributed by atoms with van der Waals surface area (Å²) in [6, 6.07) is 19.2. The van der Waals surface area contributed by atoms with Gasteiger partial charge in [-0.15, -0.1) is 0 Å². The molecule has 32 heavy (non-hydrogen) atoms. The predicted octanol–water partition coefficient (Wildman–Crippen LogP) is 3.44. The van der Waals surface area contributed by atoms with Gasteiger partial charge >= 0.3 is 0 Å². The molecule has 8 heteroatoms. The van der Waals surface area contributed by atoms with Crippen LogP contribution in [0.2, 0.25) is 0 Å². The first-order valence-electron chi connectivity index (χ1n) is 10.7. The highest BCUT2D eigenvalue weighted by molar-refractivity contribution is 7.89. The van der Waals surface area contributed by atoms with Crippen LogP contribution in [-0.4, -0.2) is 41.5 Å². The third kappa shape index (κ3) is 4.92. The molecule has 2 aromatic carbocycles. The minimum Gasteiger partial charge on any atom is -0.344 e. The predicted molar refractivity (Wildman–Crippen MR) is 125 cm³/mol. The van der Waals surface area contributed by atoms with Gasteiger partial charge in [-0.25, -0.2) is 8.42 Å².